The molecule has 0 N–H and O–H groups in total. The van der Waals surface area contributed by atoms with Crippen molar-refractivity contribution in [2.75, 3.05) is 4.90 Å². The lowest BCUT2D eigenvalue weighted by molar-refractivity contribution is 0.831. The zero-order valence-electron chi connectivity index (χ0n) is 37.6. The molecule has 0 fully saturated rings. The van der Waals surface area contributed by atoms with Crippen LogP contribution in [-0.2, 0) is 0 Å². The molecule has 0 saturated heterocycles. The zero-order chi connectivity index (χ0) is 45.0. The summed E-state index contributed by atoms with van der Waals surface area (Å²) < 4.78 is 2.42. The maximum atomic E-state index is 5.19. The van der Waals surface area contributed by atoms with Crippen molar-refractivity contribution in [3.8, 4) is 27.9 Å². The SMILES string of the molecule is C1=C(c2ccc3c(c2)c2ccccc2n3-c2ccc(-c3cccc(-c4cccc(C5C=C(c6ccccc6)N=C(c6ccccc6)C5)c4)c3)cc2)C=C2c3ccccc3N(c3ccccc3)C2C1. The Morgan fingerprint density at radius 1 is 0.441 bits per heavy atom. The van der Waals surface area contributed by atoms with Gasteiger partial charge in [0.15, 0.2) is 0 Å². The second-order valence-electron chi connectivity index (χ2n) is 18.2. The minimum absolute atomic E-state index is 0.201. The van der Waals surface area contributed by atoms with Crippen LogP contribution in [0, 0.1) is 0 Å². The van der Waals surface area contributed by atoms with Crippen LogP contribution < -0.4 is 4.90 Å². The average Bonchev–Trinajstić information content (AvgIpc) is 3.94. The minimum Gasteiger partial charge on any atom is -0.333 e. The molecule has 1 aromatic heterocycles. The van der Waals surface area contributed by atoms with Crippen LogP contribution in [0.3, 0.4) is 0 Å². The smallest absolute Gasteiger partial charge is 0.0671 e. The fraction of sp³-hybridized carbons (Fsp3) is 0.0615. The van der Waals surface area contributed by atoms with E-state index in [1.807, 2.05) is 0 Å². The number of anilines is 2. The van der Waals surface area contributed by atoms with Crippen molar-refractivity contribution in [2.45, 2.75) is 24.8 Å². The summed E-state index contributed by atoms with van der Waals surface area (Å²) >= 11 is 0. The number of allylic oxidation sites excluding steroid dienone is 3. The standard InChI is InChI=1S/C65H47N3/c1-4-16-45(17-5-1)60-42-53(43-61(66-60)46-18-6-2-7-19-46)50-23-15-22-49(39-50)48-21-14-20-47(38-48)44-30-34-55(35-31-44)68-63-29-13-11-27-57(63)59-41-52(33-37-65(59)68)51-32-36-64-58(40-51)56-26-10-12-28-62(56)67(64)54-24-8-3-9-25-54/h1-35,37-42,53,64H,36,43H2. The number of aliphatic imine (C=N–C) groups is 1. The van der Waals surface area contributed by atoms with Crippen LogP contribution in [0.15, 0.2) is 254 Å². The third kappa shape index (κ3) is 7.03. The molecule has 0 radical (unpaired) electrons. The Labute approximate surface area is 397 Å². The molecule has 2 unspecified atom stereocenters. The predicted molar refractivity (Wildman–Crippen MR) is 286 cm³/mol. The first-order valence-corrected chi connectivity index (χ1v) is 23.8. The quantitative estimate of drug-likeness (QED) is 0.149. The van der Waals surface area contributed by atoms with Crippen LogP contribution in [0.25, 0.3) is 66.6 Å². The van der Waals surface area contributed by atoms with E-state index in [1.165, 1.54) is 88.8 Å². The summed E-state index contributed by atoms with van der Waals surface area (Å²) in [6.45, 7) is 0. The Bertz CT molecular complexity index is 3670. The van der Waals surface area contributed by atoms with Gasteiger partial charge >= 0.3 is 0 Å². The van der Waals surface area contributed by atoms with E-state index >= 15 is 0 Å². The molecule has 0 amide bonds. The molecule has 2 aliphatic heterocycles. The Balaban J connectivity index is 0.796. The molecular weight excluding hydrogens is 823 g/mol. The number of rotatable bonds is 8. The zero-order valence-corrected chi connectivity index (χ0v) is 37.6. The fourth-order valence-corrected chi connectivity index (χ4v) is 10.9. The van der Waals surface area contributed by atoms with E-state index in [1.54, 1.807) is 0 Å². The number of hydrogen-bond acceptors (Lipinski definition) is 2. The summed E-state index contributed by atoms with van der Waals surface area (Å²) in [5, 5.41) is 2.52. The van der Waals surface area contributed by atoms with Gasteiger partial charge in [0.25, 0.3) is 0 Å². The number of para-hydroxylation sites is 3. The topological polar surface area (TPSA) is 20.5 Å². The van der Waals surface area contributed by atoms with Crippen LogP contribution in [0.1, 0.15) is 46.6 Å². The second-order valence-corrected chi connectivity index (χ2v) is 18.2. The monoisotopic (exact) mass is 869 g/mol. The second kappa shape index (κ2) is 16.7. The van der Waals surface area contributed by atoms with Crippen LogP contribution in [0.2, 0.25) is 0 Å². The van der Waals surface area contributed by atoms with Crippen molar-refractivity contribution < 1.29 is 0 Å². The van der Waals surface area contributed by atoms with Crippen LogP contribution >= 0.6 is 0 Å². The van der Waals surface area contributed by atoms with Gasteiger partial charge in [-0.1, -0.05) is 188 Å². The van der Waals surface area contributed by atoms with Crippen molar-refractivity contribution >= 4 is 55.7 Å². The molecule has 3 heteroatoms. The van der Waals surface area contributed by atoms with Crippen LogP contribution in [0.4, 0.5) is 11.4 Å². The molecule has 0 spiro atoms. The van der Waals surface area contributed by atoms with Gasteiger partial charge in [0.2, 0.25) is 0 Å². The van der Waals surface area contributed by atoms with Gasteiger partial charge in [0.1, 0.15) is 0 Å². The van der Waals surface area contributed by atoms with Crippen molar-refractivity contribution in [3.63, 3.8) is 0 Å². The molecule has 1 aliphatic carbocycles. The van der Waals surface area contributed by atoms with E-state index < -0.39 is 0 Å². The minimum atomic E-state index is 0.201. The highest BCUT2D eigenvalue weighted by Gasteiger charge is 2.36. The Morgan fingerprint density at radius 2 is 1.07 bits per heavy atom. The van der Waals surface area contributed by atoms with Gasteiger partial charge in [-0.05, 0) is 123 Å². The number of hydrogen-bond donors (Lipinski definition) is 0. The third-order valence-electron chi connectivity index (χ3n) is 14.2. The van der Waals surface area contributed by atoms with Gasteiger partial charge in [-0.3, -0.25) is 4.99 Å². The molecule has 13 rings (SSSR count). The number of benzene rings is 9. The average molecular weight is 870 g/mol. The largest absolute Gasteiger partial charge is 0.333 e. The summed E-state index contributed by atoms with van der Waals surface area (Å²) in [5.74, 6) is 0.201. The Kier molecular flexibility index (Phi) is 9.79. The van der Waals surface area contributed by atoms with Gasteiger partial charge in [-0.15, -0.1) is 0 Å². The Hall–Kier alpha value is -8.53. The molecule has 2 atom stereocenters. The predicted octanol–water partition coefficient (Wildman–Crippen LogP) is 16.5. The maximum Gasteiger partial charge on any atom is 0.0671 e. The van der Waals surface area contributed by atoms with Crippen molar-refractivity contribution in [1.82, 2.24) is 4.57 Å². The van der Waals surface area contributed by atoms with Gasteiger partial charge in [-0.25, -0.2) is 0 Å². The summed E-state index contributed by atoms with van der Waals surface area (Å²) in [6, 6.07) is 84.2. The van der Waals surface area contributed by atoms with E-state index in [4.69, 9.17) is 4.99 Å². The van der Waals surface area contributed by atoms with Crippen molar-refractivity contribution in [1.29, 1.82) is 0 Å². The molecule has 10 aromatic rings. The molecule has 9 aromatic carbocycles. The van der Waals surface area contributed by atoms with Crippen molar-refractivity contribution in [2.24, 2.45) is 4.99 Å². The summed E-state index contributed by atoms with van der Waals surface area (Å²) in [6.07, 6.45) is 9.03. The number of nitrogens with zero attached hydrogens (tertiary/aromatic N) is 3. The highest BCUT2D eigenvalue weighted by molar-refractivity contribution is 6.11. The summed E-state index contributed by atoms with van der Waals surface area (Å²) in [4.78, 5) is 7.71. The van der Waals surface area contributed by atoms with E-state index in [2.05, 4.69) is 258 Å². The van der Waals surface area contributed by atoms with E-state index in [0.717, 1.165) is 35.5 Å². The van der Waals surface area contributed by atoms with Gasteiger partial charge in [0.05, 0.1) is 22.8 Å². The first-order chi connectivity index (χ1) is 33.7. The molecule has 3 aliphatic rings. The molecule has 322 valence electrons. The Morgan fingerprint density at radius 3 is 1.88 bits per heavy atom. The summed E-state index contributed by atoms with van der Waals surface area (Å²) in [7, 11) is 0. The first-order valence-electron chi connectivity index (χ1n) is 23.8. The van der Waals surface area contributed by atoms with Gasteiger partial charge in [-0.2, -0.15) is 0 Å². The molecule has 0 bridgehead atoms. The number of fused-ring (bicyclic) bond motifs is 6. The molecule has 3 heterocycles. The third-order valence-corrected chi connectivity index (χ3v) is 14.2. The fourth-order valence-electron chi connectivity index (χ4n) is 10.9. The number of aromatic nitrogens is 1. The van der Waals surface area contributed by atoms with E-state index in [-0.39, 0.29) is 12.0 Å². The van der Waals surface area contributed by atoms with E-state index in [0.29, 0.717) is 0 Å². The first kappa shape index (κ1) is 39.8. The lowest BCUT2D eigenvalue weighted by Gasteiger charge is -2.29. The summed E-state index contributed by atoms with van der Waals surface area (Å²) in [5.41, 5.74) is 21.9. The maximum absolute atomic E-state index is 5.19. The van der Waals surface area contributed by atoms with Crippen molar-refractivity contribution in [3.05, 3.63) is 277 Å². The normalized spacial score (nSPS) is 16.4. The highest BCUT2D eigenvalue weighted by Crippen LogP contribution is 2.49. The molecule has 68 heavy (non-hydrogen) atoms. The van der Waals surface area contributed by atoms with Gasteiger partial charge in [0, 0.05) is 51.4 Å². The molecular formula is C65H47N3. The highest BCUT2D eigenvalue weighted by atomic mass is 15.2. The van der Waals surface area contributed by atoms with Gasteiger partial charge < -0.3 is 9.47 Å². The molecule has 0 saturated carbocycles. The van der Waals surface area contributed by atoms with Crippen LogP contribution in [0.5, 0.6) is 0 Å². The molecule has 3 nitrogen and oxygen atoms in total. The van der Waals surface area contributed by atoms with Crippen LogP contribution in [-0.4, -0.2) is 16.3 Å². The van der Waals surface area contributed by atoms with E-state index in [9.17, 15) is 0 Å². The lowest BCUT2D eigenvalue weighted by Crippen LogP contribution is -2.27. The lowest BCUT2D eigenvalue weighted by atomic mass is 9.86.